The summed E-state index contributed by atoms with van der Waals surface area (Å²) in [5, 5.41) is 1.39. The Bertz CT molecular complexity index is 411. The van der Waals surface area contributed by atoms with E-state index in [1.165, 1.54) is 0 Å². The molecule has 0 aromatic heterocycles. The molecule has 1 aliphatic heterocycles. The molecule has 0 spiro atoms. The summed E-state index contributed by atoms with van der Waals surface area (Å²) in [6, 6.07) is 5.55. The SMILES string of the molecule is CN1CC(c2c(Cl)cccc2Cl)CN=C1N. The minimum atomic E-state index is 0.207. The number of rotatable bonds is 1. The number of benzene rings is 1. The molecule has 0 saturated carbocycles. The summed E-state index contributed by atoms with van der Waals surface area (Å²) in [6.45, 7) is 1.43. The average Bonchev–Trinajstić information content (AvgIpc) is 2.23. The molecule has 3 nitrogen and oxygen atoms in total. The second-order valence-electron chi connectivity index (χ2n) is 3.91. The average molecular weight is 258 g/mol. The summed E-state index contributed by atoms with van der Waals surface area (Å²) in [5.74, 6) is 0.776. The van der Waals surface area contributed by atoms with E-state index in [4.69, 9.17) is 28.9 Å². The highest BCUT2D eigenvalue weighted by molar-refractivity contribution is 6.36. The van der Waals surface area contributed by atoms with Crippen LogP contribution in [0.4, 0.5) is 0 Å². The number of nitrogens with zero attached hydrogens (tertiary/aromatic N) is 2. The summed E-state index contributed by atoms with van der Waals surface area (Å²) in [4.78, 5) is 6.16. The van der Waals surface area contributed by atoms with E-state index in [0.29, 0.717) is 22.5 Å². The number of hydrogen-bond donors (Lipinski definition) is 1. The van der Waals surface area contributed by atoms with Crippen LogP contribution in [0.1, 0.15) is 11.5 Å². The van der Waals surface area contributed by atoms with Crippen molar-refractivity contribution in [2.45, 2.75) is 5.92 Å². The van der Waals surface area contributed by atoms with Gasteiger partial charge in [0.25, 0.3) is 0 Å². The maximum atomic E-state index is 6.16. The van der Waals surface area contributed by atoms with Gasteiger partial charge in [0.05, 0.1) is 6.54 Å². The topological polar surface area (TPSA) is 41.6 Å². The summed E-state index contributed by atoms with van der Waals surface area (Å²) >= 11 is 12.3. The van der Waals surface area contributed by atoms with Gasteiger partial charge in [0.1, 0.15) is 0 Å². The van der Waals surface area contributed by atoms with Crippen LogP contribution in [0.5, 0.6) is 0 Å². The maximum absolute atomic E-state index is 6.16. The smallest absolute Gasteiger partial charge is 0.191 e. The number of halogens is 2. The van der Waals surface area contributed by atoms with Crippen molar-refractivity contribution in [1.29, 1.82) is 0 Å². The molecular weight excluding hydrogens is 245 g/mol. The van der Waals surface area contributed by atoms with Crippen LogP contribution >= 0.6 is 23.2 Å². The van der Waals surface area contributed by atoms with Gasteiger partial charge in [-0.2, -0.15) is 0 Å². The summed E-state index contributed by atoms with van der Waals surface area (Å²) in [5.41, 5.74) is 6.67. The molecule has 0 aliphatic carbocycles. The molecule has 2 N–H and O–H groups in total. The van der Waals surface area contributed by atoms with E-state index >= 15 is 0 Å². The third-order valence-electron chi connectivity index (χ3n) is 2.77. The van der Waals surface area contributed by atoms with Gasteiger partial charge in [-0.25, -0.2) is 0 Å². The van der Waals surface area contributed by atoms with Crippen LogP contribution < -0.4 is 5.73 Å². The largest absolute Gasteiger partial charge is 0.370 e. The number of likely N-dealkylation sites (N-methyl/N-ethyl adjacent to an activating group) is 1. The molecule has 0 amide bonds. The third-order valence-corrected chi connectivity index (χ3v) is 3.43. The van der Waals surface area contributed by atoms with Crippen molar-refractivity contribution in [3.8, 4) is 0 Å². The first-order valence-corrected chi connectivity index (χ1v) is 5.80. The van der Waals surface area contributed by atoms with Crippen LogP contribution in [-0.4, -0.2) is 31.0 Å². The van der Waals surface area contributed by atoms with Gasteiger partial charge in [-0.3, -0.25) is 4.99 Å². The fourth-order valence-corrected chi connectivity index (χ4v) is 2.60. The lowest BCUT2D eigenvalue weighted by atomic mass is 9.97. The van der Waals surface area contributed by atoms with Crippen molar-refractivity contribution in [3.63, 3.8) is 0 Å². The number of guanidine groups is 1. The zero-order valence-electron chi connectivity index (χ0n) is 8.95. The van der Waals surface area contributed by atoms with Crippen LogP contribution in [-0.2, 0) is 0 Å². The summed E-state index contributed by atoms with van der Waals surface area (Å²) < 4.78 is 0. The second-order valence-corrected chi connectivity index (χ2v) is 4.73. The number of nitrogens with two attached hydrogens (primary N) is 1. The second kappa shape index (κ2) is 4.52. The Morgan fingerprint density at radius 1 is 1.38 bits per heavy atom. The van der Waals surface area contributed by atoms with E-state index in [0.717, 1.165) is 12.1 Å². The maximum Gasteiger partial charge on any atom is 0.191 e. The number of aliphatic imine (C=N–C) groups is 1. The van der Waals surface area contributed by atoms with Crippen LogP contribution in [0, 0.1) is 0 Å². The van der Waals surface area contributed by atoms with E-state index < -0.39 is 0 Å². The van der Waals surface area contributed by atoms with Crippen LogP contribution in [0.15, 0.2) is 23.2 Å². The Balaban J connectivity index is 2.33. The van der Waals surface area contributed by atoms with Gasteiger partial charge < -0.3 is 10.6 Å². The highest BCUT2D eigenvalue weighted by Gasteiger charge is 2.23. The molecule has 0 fully saturated rings. The lowest BCUT2D eigenvalue weighted by Crippen LogP contribution is -2.41. The number of hydrogen-bond acceptors (Lipinski definition) is 3. The zero-order chi connectivity index (χ0) is 11.7. The van der Waals surface area contributed by atoms with Gasteiger partial charge in [-0.15, -0.1) is 0 Å². The van der Waals surface area contributed by atoms with E-state index in [2.05, 4.69) is 4.99 Å². The third kappa shape index (κ3) is 2.11. The van der Waals surface area contributed by atoms with Gasteiger partial charge in [-0.05, 0) is 17.7 Å². The van der Waals surface area contributed by atoms with E-state index in [9.17, 15) is 0 Å². The molecule has 1 aliphatic rings. The Kier molecular flexibility index (Phi) is 3.26. The predicted molar refractivity (Wildman–Crippen MR) is 68.3 cm³/mol. The highest BCUT2D eigenvalue weighted by Crippen LogP contribution is 2.33. The first-order valence-electron chi connectivity index (χ1n) is 5.04. The molecule has 1 atom stereocenters. The van der Waals surface area contributed by atoms with Crippen molar-refractivity contribution < 1.29 is 0 Å². The first-order chi connectivity index (χ1) is 7.59. The minimum absolute atomic E-state index is 0.207. The quantitative estimate of drug-likeness (QED) is 0.840. The molecule has 0 bridgehead atoms. The highest BCUT2D eigenvalue weighted by atomic mass is 35.5. The van der Waals surface area contributed by atoms with Crippen molar-refractivity contribution >= 4 is 29.2 Å². The van der Waals surface area contributed by atoms with Gasteiger partial charge in [0, 0.05) is 29.6 Å². The fourth-order valence-electron chi connectivity index (χ4n) is 1.89. The van der Waals surface area contributed by atoms with Crippen molar-refractivity contribution in [2.75, 3.05) is 20.1 Å². The summed E-state index contributed by atoms with van der Waals surface area (Å²) in [7, 11) is 1.91. The molecule has 0 saturated heterocycles. The Morgan fingerprint density at radius 3 is 2.56 bits per heavy atom. The lowest BCUT2D eigenvalue weighted by Gasteiger charge is -2.29. The normalized spacial score (nSPS) is 20.8. The molecule has 0 radical (unpaired) electrons. The molecule has 16 heavy (non-hydrogen) atoms. The summed E-state index contributed by atoms with van der Waals surface area (Å²) in [6.07, 6.45) is 0. The standard InChI is InChI=1S/C11H13Cl2N3/c1-16-6-7(5-15-11(16)14)10-8(12)3-2-4-9(10)13/h2-4,7H,5-6H2,1H3,(H2,14,15). The molecule has 86 valence electrons. The molecule has 1 heterocycles. The van der Waals surface area contributed by atoms with Crippen LogP contribution in [0.25, 0.3) is 0 Å². The van der Waals surface area contributed by atoms with Crippen molar-refractivity contribution in [3.05, 3.63) is 33.8 Å². The van der Waals surface area contributed by atoms with Gasteiger partial charge in [0.15, 0.2) is 5.96 Å². The van der Waals surface area contributed by atoms with E-state index in [1.807, 2.05) is 30.1 Å². The Hall–Kier alpha value is -0.930. The van der Waals surface area contributed by atoms with Crippen molar-refractivity contribution in [2.24, 2.45) is 10.7 Å². The molecule has 1 unspecified atom stereocenters. The van der Waals surface area contributed by atoms with E-state index in [-0.39, 0.29) is 5.92 Å². The molecule has 5 heteroatoms. The van der Waals surface area contributed by atoms with Crippen LogP contribution in [0.3, 0.4) is 0 Å². The lowest BCUT2D eigenvalue weighted by molar-refractivity contribution is 0.422. The Labute approximate surface area is 105 Å². The minimum Gasteiger partial charge on any atom is -0.370 e. The van der Waals surface area contributed by atoms with E-state index in [1.54, 1.807) is 0 Å². The molecular formula is C11H13Cl2N3. The van der Waals surface area contributed by atoms with Gasteiger partial charge in [0.2, 0.25) is 0 Å². The monoisotopic (exact) mass is 257 g/mol. The molecule has 1 aromatic carbocycles. The first kappa shape index (κ1) is 11.6. The van der Waals surface area contributed by atoms with Crippen LogP contribution in [0.2, 0.25) is 10.0 Å². The molecule has 2 rings (SSSR count). The van der Waals surface area contributed by atoms with Gasteiger partial charge >= 0.3 is 0 Å². The fraction of sp³-hybridized carbons (Fsp3) is 0.364. The van der Waals surface area contributed by atoms with Crippen molar-refractivity contribution in [1.82, 2.24) is 4.90 Å². The zero-order valence-corrected chi connectivity index (χ0v) is 10.5. The molecule has 1 aromatic rings. The predicted octanol–water partition coefficient (Wildman–Crippen LogP) is 2.34. The van der Waals surface area contributed by atoms with Gasteiger partial charge in [-0.1, -0.05) is 29.3 Å². The Morgan fingerprint density at radius 2 is 2.00 bits per heavy atom.